The highest BCUT2D eigenvalue weighted by Gasteiger charge is 2.39. The van der Waals surface area contributed by atoms with Gasteiger partial charge in [-0.25, -0.2) is 9.99 Å². The summed E-state index contributed by atoms with van der Waals surface area (Å²) >= 11 is 5.97. The zero-order valence-corrected chi connectivity index (χ0v) is 20.5. The fourth-order valence-corrected chi connectivity index (χ4v) is 4.93. The third-order valence-electron chi connectivity index (χ3n) is 6.55. The summed E-state index contributed by atoms with van der Waals surface area (Å²) in [4.78, 5) is 21.8. The highest BCUT2D eigenvalue weighted by atomic mass is 35.5. The molecule has 10 heteroatoms. The second kappa shape index (κ2) is 9.92. The lowest BCUT2D eigenvalue weighted by molar-refractivity contribution is -0.119. The Morgan fingerprint density at radius 2 is 1.79 bits per heavy atom. The largest absolute Gasteiger partial charge is 0.379 e. The number of aliphatic imine (C=N–C) groups is 1. The van der Waals surface area contributed by atoms with E-state index in [1.807, 2.05) is 0 Å². The second-order valence-electron chi connectivity index (χ2n) is 9.86. The molecule has 0 radical (unpaired) electrons. The van der Waals surface area contributed by atoms with Crippen LogP contribution in [0.25, 0.3) is 0 Å². The molecular weight excluding hydrogens is 452 g/mol. The van der Waals surface area contributed by atoms with Gasteiger partial charge in [0.2, 0.25) is 0 Å². The first-order chi connectivity index (χ1) is 16.4. The van der Waals surface area contributed by atoms with Gasteiger partial charge in [0.05, 0.1) is 12.2 Å². The molecule has 4 N–H and O–H groups in total. The Hall–Kier alpha value is -2.65. The number of nitrogens with one attached hydrogen (secondary N) is 4. The van der Waals surface area contributed by atoms with Crippen molar-refractivity contribution in [3.63, 3.8) is 0 Å². The fraction of sp³-hybridized carbons (Fsp3) is 0.583. The van der Waals surface area contributed by atoms with Crippen molar-refractivity contribution < 1.29 is 4.79 Å². The molecule has 182 valence electrons. The summed E-state index contributed by atoms with van der Waals surface area (Å²) in [5.41, 5.74) is 1.55. The minimum atomic E-state index is -0.519. The highest BCUT2D eigenvalue weighted by Crippen LogP contribution is 2.26. The van der Waals surface area contributed by atoms with E-state index in [0.29, 0.717) is 41.6 Å². The summed E-state index contributed by atoms with van der Waals surface area (Å²) in [5, 5.41) is 20.7. The second-order valence-corrected chi connectivity index (χ2v) is 10.2. The molecule has 0 aromatic carbocycles. The van der Waals surface area contributed by atoms with Gasteiger partial charge in [-0.3, -0.25) is 9.79 Å². The molecule has 2 aliphatic carbocycles. The molecule has 1 aromatic heterocycles. The van der Waals surface area contributed by atoms with Crippen molar-refractivity contribution in [1.29, 1.82) is 0 Å². The number of halogens is 1. The topological polar surface area (TPSA) is 106 Å². The van der Waals surface area contributed by atoms with Gasteiger partial charge in [0.15, 0.2) is 11.9 Å². The Morgan fingerprint density at radius 3 is 2.50 bits per heavy atom. The number of hydrogen-bond donors (Lipinski definition) is 4. The van der Waals surface area contributed by atoms with Gasteiger partial charge in [0.25, 0.3) is 5.91 Å². The van der Waals surface area contributed by atoms with E-state index in [2.05, 4.69) is 51.2 Å². The fourth-order valence-electron chi connectivity index (χ4n) is 4.75. The van der Waals surface area contributed by atoms with Crippen LogP contribution >= 0.6 is 11.6 Å². The zero-order chi connectivity index (χ0) is 23.7. The van der Waals surface area contributed by atoms with E-state index in [1.165, 1.54) is 0 Å². The number of fused-ring (bicyclic) bond motifs is 1. The maximum absolute atomic E-state index is 13.1. The lowest BCUT2D eigenvalue weighted by atomic mass is 9.90. The van der Waals surface area contributed by atoms with E-state index in [0.717, 1.165) is 55.9 Å². The minimum absolute atomic E-state index is 0.169. The first-order valence-electron chi connectivity index (χ1n) is 12.3. The van der Waals surface area contributed by atoms with E-state index in [1.54, 1.807) is 23.3 Å². The number of carbonyl (C=O) groups is 1. The Kier molecular flexibility index (Phi) is 6.74. The molecule has 3 heterocycles. The Balaban J connectivity index is 1.28. The standard InChI is InChI=1S/C24H33ClN8O/c1-14(2)28-15-3-7-17(8-4-15)30-22-12-19(29-16-5-6-16)23-27-13-20(33(23)32-22)24(34)31-18-9-10-26-21(25)11-18/h9-12,14-17,20,28-29H,3-8,13H2,1-2H3,(H,30,32)(H,26,31,34)/t15-,17-,20?. The van der Waals surface area contributed by atoms with Gasteiger partial charge in [-0.05, 0) is 50.7 Å². The highest BCUT2D eigenvalue weighted by molar-refractivity contribution is 6.29. The summed E-state index contributed by atoms with van der Waals surface area (Å²) in [6.45, 7) is 4.75. The van der Waals surface area contributed by atoms with Crippen LogP contribution < -0.4 is 21.3 Å². The van der Waals surface area contributed by atoms with E-state index < -0.39 is 6.04 Å². The SMILES string of the molecule is CC(C)N[C@H]1CC[C@H](NC2=NN3C(=NCC3C(=O)Nc3ccnc(Cl)c3)C(NC3CC3)=C2)CC1. The van der Waals surface area contributed by atoms with Gasteiger partial charge in [0, 0.05) is 42.1 Å². The number of amidine groups is 2. The summed E-state index contributed by atoms with van der Waals surface area (Å²) in [6.07, 6.45) is 10.4. The number of hydrogen-bond acceptors (Lipinski definition) is 8. The number of aromatic nitrogens is 1. The summed E-state index contributed by atoms with van der Waals surface area (Å²) in [5.74, 6) is 1.35. The van der Waals surface area contributed by atoms with E-state index in [-0.39, 0.29) is 5.91 Å². The molecule has 2 saturated carbocycles. The summed E-state index contributed by atoms with van der Waals surface area (Å²) in [6, 6.07) is 4.77. The summed E-state index contributed by atoms with van der Waals surface area (Å²) < 4.78 is 0. The maximum atomic E-state index is 13.1. The third-order valence-corrected chi connectivity index (χ3v) is 6.75. The van der Waals surface area contributed by atoms with E-state index >= 15 is 0 Å². The molecule has 1 aromatic rings. The third kappa shape index (κ3) is 5.52. The number of amides is 1. The van der Waals surface area contributed by atoms with Crippen LogP contribution in [0.3, 0.4) is 0 Å². The van der Waals surface area contributed by atoms with Crippen LogP contribution in [-0.4, -0.2) is 64.3 Å². The molecule has 4 aliphatic rings. The smallest absolute Gasteiger partial charge is 0.251 e. The van der Waals surface area contributed by atoms with Gasteiger partial charge in [-0.1, -0.05) is 25.4 Å². The molecule has 1 unspecified atom stereocenters. The number of hydrazone groups is 1. The number of rotatable bonds is 7. The average Bonchev–Trinajstić information content (AvgIpc) is 3.50. The maximum Gasteiger partial charge on any atom is 0.251 e. The van der Waals surface area contributed by atoms with Gasteiger partial charge >= 0.3 is 0 Å². The first-order valence-corrected chi connectivity index (χ1v) is 12.7. The van der Waals surface area contributed by atoms with Crippen molar-refractivity contribution in [2.24, 2.45) is 10.1 Å². The van der Waals surface area contributed by atoms with Crippen molar-refractivity contribution in [1.82, 2.24) is 25.9 Å². The molecule has 9 nitrogen and oxygen atoms in total. The van der Waals surface area contributed by atoms with Crippen LogP contribution in [0.4, 0.5) is 5.69 Å². The van der Waals surface area contributed by atoms with Crippen LogP contribution in [0.15, 0.2) is 40.2 Å². The van der Waals surface area contributed by atoms with Gasteiger partial charge < -0.3 is 21.3 Å². The zero-order valence-electron chi connectivity index (χ0n) is 19.7. The molecule has 5 rings (SSSR count). The van der Waals surface area contributed by atoms with Crippen molar-refractivity contribution in [2.45, 2.75) is 82.6 Å². The minimum Gasteiger partial charge on any atom is -0.379 e. The van der Waals surface area contributed by atoms with Crippen LogP contribution in [-0.2, 0) is 4.79 Å². The Morgan fingerprint density at radius 1 is 1.09 bits per heavy atom. The molecule has 34 heavy (non-hydrogen) atoms. The normalized spacial score (nSPS) is 26.4. The molecule has 1 amide bonds. The van der Waals surface area contributed by atoms with E-state index in [4.69, 9.17) is 16.7 Å². The monoisotopic (exact) mass is 484 g/mol. The molecule has 0 saturated heterocycles. The number of anilines is 1. The van der Waals surface area contributed by atoms with Crippen LogP contribution in [0, 0.1) is 0 Å². The van der Waals surface area contributed by atoms with Gasteiger partial charge in [-0.15, -0.1) is 0 Å². The molecule has 0 spiro atoms. The molecule has 1 atom stereocenters. The predicted octanol–water partition coefficient (Wildman–Crippen LogP) is 2.62. The van der Waals surface area contributed by atoms with Crippen molar-refractivity contribution in [3.05, 3.63) is 35.3 Å². The van der Waals surface area contributed by atoms with Gasteiger partial charge in [0.1, 0.15) is 11.0 Å². The molecular formula is C24H33ClN8O. The van der Waals surface area contributed by atoms with Gasteiger partial charge in [-0.2, -0.15) is 5.10 Å². The number of carbonyl (C=O) groups excluding carboxylic acids is 1. The lowest BCUT2D eigenvalue weighted by Gasteiger charge is -2.33. The van der Waals surface area contributed by atoms with Crippen LogP contribution in [0.1, 0.15) is 52.4 Å². The quantitative estimate of drug-likeness (QED) is 0.443. The number of nitrogens with zero attached hydrogens (tertiary/aromatic N) is 4. The summed E-state index contributed by atoms with van der Waals surface area (Å²) in [7, 11) is 0. The number of pyridine rings is 1. The molecule has 0 bridgehead atoms. The molecule has 2 aliphatic heterocycles. The van der Waals surface area contributed by atoms with Crippen LogP contribution in [0.5, 0.6) is 0 Å². The Bertz CT molecular complexity index is 1010. The van der Waals surface area contributed by atoms with Crippen LogP contribution in [0.2, 0.25) is 5.15 Å². The first kappa shape index (κ1) is 23.1. The van der Waals surface area contributed by atoms with Crippen molar-refractivity contribution in [2.75, 3.05) is 11.9 Å². The Labute approximate surface area is 205 Å². The van der Waals surface area contributed by atoms with Crippen molar-refractivity contribution >= 4 is 34.9 Å². The average molecular weight is 485 g/mol. The molecule has 2 fully saturated rings. The van der Waals surface area contributed by atoms with Crippen molar-refractivity contribution in [3.8, 4) is 0 Å². The van der Waals surface area contributed by atoms with E-state index in [9.17, 15) is 4.79 Å². The predicted molar refractivity (Wildman–Crippen MR) is 135 cm³/mol. The lowest BCUT2D eigenvalue weighted by Crippen LogP contribution is -2.49.